The predicted octanol–water partition coefficient (Wildman–Crippen LogP) is 13.8. The average molecular weight is 992 g/mol. The Morgan fingerprint density at radius 2 is 0.926 bits per heavy atom. The molecule has 1 saturated heterocycles. The molecule has 0 bridgehead atoms. The van der Waals surface area contributed by atoms with Gasteiger partial charge in [0.15, 0.2) is 6.29 Å². The van der Waals surface area contributed by atoms with Gasteiger partial charge >= 0.3 is 16.4 Å². The van der Waals surface area contributed by atoms with Crippen LogP contribution < -0.4 is 0 Å². The number of carbonyl (C=O) groups excluding carboxylic acids is 1. The van der Waals surface area contributed by atoms with Crippen LogP contribution in [0.3, 0.4) is 0 Å². The van der Waals surface area contributed by atoms with E-state index in [-0.39, 0.29) is 19.6 Å². The number of esters is 1. The van der Waals surface area contributed by atoms with Crippen molar-refractivity contribution in [3.63, 3.8) is 0 Å². The summed E-state index contributed by atoms with van der Waals surface area (Å²) in [5.74, 6) is -0.392. The van der Waals surface area contributed by atoms with Gasteiger partial charge in [-0.05, 0) is 38.5 Å². The minimum Gasteiger partial charge on any atom is -0.457 e. The molecule has 6 atom stereocenters. The van der Waals surface area contributed by atoms with Gasteiger partial charge in [-0.1, -0.05) is 238 Å². The van der Waals surface area contributed by atoms with Gasteiger partial charge in [0.25, 0.3) is 0 Å². The van der Waals surface area contributed by atoms with Crippen molar-refractivity contribution in [1.82, 2.24) is 0 Å². The van der Waals surface area contributed by atoms with Crippen LogP contribution in [0.5, 0.6) is 0 Å². The van der Waals surface area contributed by atoms with Crippen LogP contribution in [0.4, 0.5) is 0 Å². The average Bonchev–Trinajstić information content (AvgIpc) is 3.31. The summed E-state index contributed by atoms with van der Waals surface area (Å²) < 4.78 is 59.4. The molecule has 0 amide bonds. The molecular formula is C55H106O12S. The summed E-state index contributed by atoms with van der Waals surface area (Å²) in [6.45, 7) is 4.06. The lowest BCUT2D eigenvalue weighted by atomic mass is 9.99. The molecule has 6 unspecified atom stereocenters. The lowest BCUT2D eigenvalue weighted by molar-refractivity contribution is -0.301. The molecule has 0 aliphatic carbocycles. The predicted molar refractivity (Wildman–Crippen MR) is 276 cm³/mol. The van der Waals surface area contributed by atoms with Crippen molar-refractivity contribution in [2.24, 2.45) is 0 Å². The number of carbonyl (C=O) groups is 1. The third kappa shape index (κ3) is 39.5. The second kappa shape index (κ2) is 46.9. The summed E-state index contributed by atoms with van der Waals surface area (Å²) in [6, 6.07) is 0. The summed E-state index contributed by atoms with van der Waals surface area (Å²) in [5, 5.41) is 30.8. The quantitative estimate of drug-likeness (QED) is 0.0196. The zero-order valence-corrected chi connectivity index (χ0v) is 44.5. The number of aliphatic hydroxyl groups is 3. The maximum absolute atomic E-state index is 12.9. The molecule has 0 radical (unpaired) electrons. The van der Waals surface area contributed by atoms with Crippen LogP contribution in [-0.2, 0) is 38.3 Å². The highest BCUT2D eigenvalue weighted by Crippen LogP contribution is 2.26. The number of hydrogen-bond acceptors (Lipinski definition) is 11. The number of aliphatic hydroxyl groups excluding tert-OH is 3. The zero-order chi connectivity index (χ0) is 49.6. The fourth-order valence-corrected chi connectivity index (χ4v) is 9.59. The molecular weight excluding hydrogens is 885 g/mol. The Kier molecular flexibility index (Phi) is 44.7. The minimum absolute atomic E-state index is 0.0430. The Morgan fingerprint density at radius 3 is 1.32 bits per heavy atom. The molecule has 1 heterocycles. The standard InChI is InChI=1S/C55H106O12S/c1-3-5-7-9-11-13-15-17-19-21-22-23-24-25-26-27-28-29-30-32-34-36-38-40-42-44-51(57)65-49(48-64-55-53(59)54(67-68(60,61)62)52(58)50(46-56)66-55)47-63-45-43-41-39-37-35-33-31-20-18-16-14-12-10-8-6-4-2/h21-22,49-50,52-56,58-59H,3-20,23-48H2,1-2H3,(H,60,61,62)/b22-21-. The van der Waals surface area contributed by atoms with Crippen LogP contribution in [0, 0.1) is 0 Å². The van der Waals surface area contributed by atoms with Crippen molar-refractivity contribution in [3.8, 4) is 0 Å². The molecule has 0 aromatic rings. The Bertz CT molecular complexity index is 1240. The summed E-state index contributed by atoms with van der Waals surface area (Å²) in [7, 11) is -5.06. The molecule has 0 saturated carbocycles. The van der Waals surface area contributed by atoms with Crippen LogP contribution in [0.1, 0.15) is 271 Å². The van der Waals surface area contributed by atoms with Crippen LogP contribution in [0.2, 0.25) is 0 Å². The van der Waals surface area contributed by atoms with Gasteiger partial charge < -0.3 is 34.3 Å². The first kappa shape index (κ1) is 64.9. The molecule has 0 spiro atoms. The van der Waals surface area contributed by atoms with Gasteiger partial charge in [-0.25, -0.2) is 4.18 Å². The Hall–Kier alpha value is -1.16. The highest BCUT2D eigenvalue weighted by atomic mass is 32.3. The van der Waals surface area contributed by atoms with Gasteiger partial charge in [-0.15, -0.1) is 0 Å². The van der Waals surface area contributed by atoms with Crippen LogP contribution in [-0.4, -0.2) is 97.5 Å². The van der Waals surface area contributed by atoms with E-state index in [9.17, 15) is 33.1 Å². The maximum atomic E-state index is 12.9. The normalized spacial score (nSPS) is 19.3. The number of hydrogen-bond donors (Lipinski definition) is 4. The number of unbranched alkanes of at least 4 members (excludes halogenated alkanes) is 36. The van der Waals surface area contributed by atoms with Crippen LogP contribution in [0.25, 0.3) is 0 Å². The Morgan fingerprint density at radius 1 is 0.544 bits per heavy atom. The highest BCUT2D eigenvalue weighted by molar-refractivity contribution is 7.80. The Labute approximate surface area is 417 Å². The fourth-order valence-electron chi connectivity index (χ4n) is 9.08. The molecule has 13 heteroatoms. The number of rotatable bonds is 51. The monoisotopic (exact) mass is 991 g/mol. The SMILES string of the molecule is CCCCCCCCCC/C=C\CCCCCCCCCCCCCCCC(=O)OC(COCCCCCCCCCCCCCCCCCC)COC1OC(CO)C(O)C(OS(=O)(=O)O)C1O. The van der Waals surface area contributed by atoms with E-state index >= 15 is 0 Å². The third-order valence-corrected chi connectivity index (χ3v) is 13.9. The van der Waals surface area contributed by atoms with Crippen molar-refractivity contribution >= 4 is 16.4 Å². The zero-order valence-electron chi connectivity index (χ0n) is 43.7. The molecule has 68 heavy (non-hydrogen) atoms. The second-order valence-corrected chi connectivity index (χ2v) is 20.9. The summed E-state index contributed by atoms with van der Waals surface area (Å²) in [6.07, 6.45) is 45.4. The van der Waals surface area contributed by atoms with Gasteiger partial charge in [0.05, 0.1) is 19.8 Å². The highest BCUT2D eigenvalue weighted by Gasteiger charge is 2.48. The molecule has 1 aliphatic heterocycles. The van der Waals surface area contributed by atoms with Crippen molar-refractivity contribution < 1.29 is 56.2 Å². The molecule has 1 rings (SSSR count). The smallest absolute Gasteiger partial charge is 0.397 e. The first-order valence-electron chi connectivity index (χ1n) is 28.4. The molecule has 1 fully saturated rings. The molecule has 0 aromatic carbocycles. The Balaban J connectivity index is 2.27. The lowest BCUT2D eigenvalue weighted by Gasteiger charge is -2.41. The van der Waals surface area contributed by atoms with Crippen molar-refractivity contribution in [2.75, 3.05) is 26.4 Å². The van der Waals surface area contributed by atoms with Crippen LogP contribution >= 0.6 is 0 Å². The topological polar surface area (TPSA) is 178 Å². The molecule has 1 aliphatic rings. The number of allylic oxidation sites excluding steroid dienone is 2. The van der Waals surface area contributed by atoms with E-state index in [0.717, 1.165) is 38.5 Å². The summed E-state index contributed by atoms with van der Waals surface area (Å²) >= 11 is 0. The molecule has 404 valence electrons. The molecule has 4 N–H and O–H groups in total. The van der Waals surface area contributed by atoms with E-state index in [1.165, 1.54) is 205 Å². The van der Waals surface area contributed by atoms with Crippen molar-refractivity contribution in [3.05, 3.63) is 12.2 Å². The van der Waals surface area contributed by atoms with Crippen molar-refractivity contribution in [2.45, 2.75) is 307 Å². The fraction of sp³-hybridized carbons (Fsp3) is 0.945. The van der Waals surface area contributed by atoms with E-state index in [2.05, 4.69) is 30.2 Å². The van der Waals surface area contributed by atoms with Gasteiger partial charge in [0, 0.05) is 13.0 Å². The first-order chi connectivity index (χ1) is 33.1. The second-order valence-electron chi connectivity index (χ2n) is 19.9. The van der Waals surface area contributed by atoms with E-state index in [4.69, 9.17) is 18.9 Å². The summed E-state index contributed by atoms with van der Waals surface area (Å²) in [4.78, 5) is 12.9. The summed E-state index contributed by atoms with van der Waals surface area (Å²) in [5.41, 5.74) is 0. The van der Waals surface area contributed by atoms with Gasteiger partial charge in [-0.2, -0.15) is 8.42 Å². The largest absolute Gasteiger partial charge is 0.457 e. The maximum Gasteiger partial charge on any atom is 0.397 e. The van der Waals surface area contributed by atoms with E-state index in [1.54, 1.807) is 0 Å². The molecule has 0 aromatic heterocycles. The van der Waals surface area contributed by atoms with Gasteiger partial charge in [0.2, 0.25) is 0 Å². The van der Waals surface area contributed by atoms with E-state index in [1.807, 2.05) is 0 Å². The van der Waals surface area contributed by atoms with E-state index < -0.39 is 59.8 Å². The minimum atomic E-state index is -5.06. The van der Waals surface area contributed by atoms with Crippen molar-refractivity contribution in [1.29, 1.82) is 0 Å². The number of ether oxygens (including phenoxy) is 4. The van der Waals surface area contributed by atoms with Gasteiger partial charge in [0.1, 0.15) is 30.5 Å². The lowest BCUT2D eigenvalue weighted by Crippen LogP contribution is -2.60. The first-order valence-corrected chi connectivity index (χ1v) is 29.8. The van der Waals surface area contributed by atoms with Crippen LogP contribution in [0.15, 0.2) is 12.2 Å². The van der Waals surface area contributed by atoms with E-state index in [0.29, 0.717) is 13.0 Å². The molecule has 12 nitrogen and oxygen atoms in total. The van der Waals surface area contributed by atoms with Gasteiger partial charge in [-0.3, -0.25) is 9.35 Å². The third-order valence-electron chi connectivity index (χ3n) is 13.4.